The van der Waals surface area contributed by atoms with Crippen LogP contribution in [0.4, 0.5) is 15.3 Å². The third-order valence-electron chi connectivity index (χ3n) is 8.39. The van der Waals surface area contributed by atoms with Crippen LogP contribution in [0.15, 0.2) is 41.5 Å². The first-order valence-corrected chi connectivity index (χ1v) is 13.6. The molecule has 0 bridgehead atoms. The zero-order valence-electron chi connectivity index (χ0n) is 24.3. The van der Waals surface area contributed by atoms with E-state index >= 15 is 0 Å². The Labute approximate surface area is 235 Å². The van der Waals surface area contributed by atoms with Crippen molar-refractivity contribution in [1.82, 2.24) is 15.2 Å². The molecule has 5 rings (SSSR count). The van der Waals surface area contributed by atoms with E-state index in [9.17, 15) is 14.7 Å². The first-order valence-electron chi connectivity index (χ1n) is 13.6. The van der Waals surface area contributed by atoms with Gasteiger partial charge in [0.25, 0.3) is 0 Å². The lowest BCUT2D eigenvalue weighted by atomic mass is 9.58. The van der Waals surface area contributed by atoms with E-state index in [2.05, 4.69) is 43.1 Å². The maximum Gasteiger partial charge on any atom is 0.407 e. The molecule has 214 valence electrons. The molecule has 0 aliphatic carbocycles. The summed E-state index contributed by atoms with van der Waals surface area (Å²) in [5.74, 6) is 1.23. The molecule has 0 aromatic heterocycles. The molecule has 40 heavy (non-hydrogen) atoms. The summed E-state index contributed by atoms with van der Waals surface area (Å²) in [6, 6.07) is 11.6. The van der Waals surface area contributed by atoms with Crippen molar-refractivity contribution >= 4 is 23.5 Å². The number of carbonyl (C=O) groups is 2. The van der Waals surface area contributed by atoms with Crippen molar-refractivity contribution in [2.75, 3.05) is 45.8 Å². The molecule has 1 spiro atoms. The van der Waals surface area contributed by atoms with Crippen molar-refractivity contribution in [2.45, 2.75) is 46.2 Å². The van der Waals surface area contributed by atoms with Gasteiger partial charge in [-0.3, -0.25) is 0 Å². The molecule has 2 aromatic carbocycles. The summed E-state index contributed by atoms with van der Waals surface area (Å²) in [5.41, 5.74) is 4.40. The SMILES string of the molecule is CNC(=O)N1N=C(c2ccc(N3CC4(C3)CN(C(=O)O)C4C(C)(C)C)cc2)c2cc(OC)c(OC)cc2C[C@@H]1C. The lowest BCUT2D eigenvalue weighted by Crippen LogP contribution is -2.81. The Bertz CT molecular complexity index is 1340. The van der Waals surface area contributed by atoms with E-state index in [1.807, 2.05) is 31.2 Å². The van der Waals surface area contributed by atoms with Crippen LogP contribution in [0.3, 0.4) is 0 Å². The van der Waals surface area contributed by atoms with Crippen LogP contribution < -0.4 is 19.7 Å². The van der Waals surface area contributed by atoms with Crippen molar-refractivity contribution in [3.63, 3.8) is 0 Å². The van der Waals surface area contributed by atoms with Crippen LogP contribution in [-0.2, 0) is 6.42 Å². The summed E-state index contributed by atoms with van der Waals surface area (Å²) in [6.07, 6.45) is -0.237. The Kier molecular flexibility index (Phi) is 6.84. The summed E-state index contributed by atoms with van der Waals surface area (Å²) in [6.45, 7) is 10.5. The molecule has 3 aliphatic heterocycles. The van der Waals surface area contributed by atoms with Crippen molar-refractivity contribution in [1.29, 1.82) is 0 Å². The molecule has 10 heteroatoms. The van der Waals surface area contributed by atoms with Gasteiger partial charge in [0.2, 0.25) is 0 Å². The molecule has 2 aromatic rings. The molecular weight excluding hydrogens is 510 g/mol. The van der Waals surface area contributed by atoms with E-state index in [4.69, 9.17) is 14.6 Å². The largest absolute Gasteiger partial charge is 0.493 e. The van der Waals surface area contributed by atoms with Gasteiger partial charge in [0.05, 0.1) is 32.0 Å². The fraction of sp³-hybridized carbons (Fsp3) is 0.500. The molecular formula is C30H39N5O5. The van der Waals surface area contributed by atoms with Gasteiger partial charge in [-0.2, -0.15) is 5.10 Å². The van der Waals surface area contributed by atoms with Crippen LogP contribution in [0.5, 0.6) is 11.5 Å². The maximum atomic E-state index is 12.8. The Morgan fingerprint density at radius 1 is 1.05 bits per heavy atom. The first-order chi connectivity index (χ1) is 18.9. The van der Waals surface area contributed by atoms with Crippen LogP contribution in [0.25, 0.3) is 0 Å². The normalized spacial score (nSPS) is 21.5. The number of hydrogen-bond acceptors (Lipinski definition) is 6. The van der Waals surface area contributed by atoms with Gasteiger partial charge in [0.1, 0.15) is 0 Å². The minimum Gasteiger partial charge on any atom is -0.493 e. The summed E-state index contributed by atoms with van der Waals surface area (Å²) >= 11 is 0. The van der Waals surface area contributed by atoms with E-state index in [0.29, 0.717) is 30.2 Å². The highest BCUT2D eigenvalue weighted by Gasteiger charge is 2.64. The summed E-state index contributed by atoms with van der Waals surface area (Å²) in [5, 5.41) is 18.7. The molecule has 0 saturated carbocycles. The van der Waals surface area contributed by atoms with E-state index in [0.717, 1.165) is 35.5 Å². The van der Waals surface area contributed by atoms with E-state index in [-0.39, 0.29) is 28.9 Å². The minimum absolute atomic E-state index is 0.00507. The van der Waals surface area contributed by atoms with E-state index in [1.165, 1.54) is 5.01 Å². The molecule has 3 aliphatic rings. The number of methoxy groups -OCH3 is 2. The van der Waals surface area contributed by atoms with Gasteiger partial charge in [-0.15, -0.1) is 0 Å². The molecule has 2 N–H and O–H groups in total. The number of nitrogens with one attached hydrogen (secondary N) is 1. The number of carboxylic acid groups (broad SMARTS) is 1. The van der Waals surface area contributed by atoms with Crippen LogP contribution in [0, 0.1) is 10.8 Å². The highest BCUT2D eigenvalue weighted by Crippen LogP contribution is 2.53. The number of urea groups is 1. The van der Waals surface area contributed by atoms with Crippen molar-refractivity contribution in [3.8, 4) is 11.5 Å². The quantitative estimate of drug-likeness (QED) is 0.590. The zero-order valence-corrected chi connectivity index (χ0v) is 24.3. The number of carbonyl (C=O) groups excluding carboxylic acids is 1. The Morgan fingerprint density at radius 3 is 2.23 bits per heavy atom. The maximum absolute atomic E-state index is 12.8. The number of anilines is 1. The van der Waals surface area contributed by atoms with Gasteiger partial charge < -0.3 is 29.7 Å². The molecule has 1 unspecified atom stereocenters. The summed E-state index contributed by atoms with van der Waals surface area (Å²) in [4.78, 5) is 28.4. The highest BCUT2D eigenvalue weighted by molar-refractivity contribution is 6.14. The van der Waals surface area contributed by atoms with E-state index < -0.39 is 6.09 Å². The number of rotatable bonds is 4. The first kappa shape index (κ1) is 27.6. The number of hydrazone groups is 1. The monoisotopic (exact) mass is 549 g/mol. The predicted octanol–water partition coefficient (Wildman–Crippen LogP) is 4.26. The third-order valence-corrected chi connectivity index (χ3v) is 8.39. The molecule has 0 radical (unpaired) electrons. The number of nitrogens with zero attached hydrogens (tertiary/aromatic N) is 4. The Balaban J connectivity index is 1.45. The smallest absolute Gasteiger partial charge is 0.407 e. The second-order valence-corrected chi connectivity index (χ2v) is 12.2. The standard InChI is InChI=1S/C30H39N5O5/c1-18-12-20-13-23(39-6)24(40-7)14-22(20)25(32-35(18)27(36)31-5)19-8-10-21(11-9-19)33-15-30(16-33)17-34(28(37)38)26(30)29(2,3)4/h8-11,13-14,18,26H,12,15-17H2,1-7H3,(H,31,36)(H,37,38)/t18-,26?/m0/s1. The van der Waals surface area contributed by atoms with Gasteiger partial charge in [0.15, 0.2) is 11.5 Å². The number of likely N-dealkylation sites (tertiary alicyclic amines) is 1. The van der Waals surface area contributed by atoms with Crippen molar-refractivity contribution in [2.24, 2.45) is 15.9 Å². The van der Waals surface area contributed by atoms with Crippen LogP contribution in [0.1, 0.15) is 44.4 Å². The number of hydrogen-bond donors (Lipinski definition) is 2. The predicted molar refractivity (Wildman–Crippen MR) is 154 cm³/mol. The number of benzene rings is 2. The molecule has 2 fully saturated rings. The minimum atomic E-state index is -0.841. The Hall–Kier alpha value is -3.95. The second-order valence-electron chi connectivity index (χ2n) is 12.2. The molecule has 3 heterocycles. The van der Waals surface area contributed by atoms with Gasteiger partial charge in [0, 0.05) is 48.9 Å². The lowest BCUT2D eigenvalue weighted by molar-refractivity contribution is -0.121. The topological polar surface area (TPSA) is 107 Å². The van der Waals surface area contributed by atoms with Crippen LogP contribution >= 0.6 is 0 Å². The van der Waals surface area contributed by atoms with Crippen molar-refractivity contribution < 1.29 is 24.2 Å². The summed E-state index contributed by atoms with van der Waals surface area (Å²) in [7, 11) is 4.82. The average molecular weight is 550 g/mol. The molecule has 3 amide bonds. The van der Waals surface area contributed by atoms with Gasteiger partial charge in [-0.25, -0.2) is 14.6 Å². The fourth-order valence-electron chi connectivity index (χ4n) is 6.85. The molecule has 2 atom stereocenters. The second kappa shape index (κ2) is 9.91. The fourth-order valence-corrected chi connectivity index (χ4v) is 6.85. The molecule has 10 nitrogen and oxygen atoms in total. The zero-order chi connectivity index (χ0) is 29.0. The number of amides is 3. The van der Waals surface area contributed by atoms with E-state index in [1.54, 1.807) is 26.2 Å². The number of ether oxygens (including phenoxy) is 2. The van der Waals surface area contributed by atoms with Crippen LogP contribution in [-0.4, -0.2) is 85.8 Å². The lowest BCUT2D eigenvalue weighted by Gasteiger charge is -2.68. The van der Waals surface area contributed by atoms with Gasteiger partial charge in [-0.05, 0) is 48.6 Å². The van der Waals surface area contributed by atoms with Crippen molar-refractivity contribution in [3.05, 3.63) is 53.1 Å². The highest BCUT2D eigenvalue weighted by atomic mass is 16.5. The molecule has 2 saturated heterocycles. The summed E-state index contributed by atoms with van der Waals surface area (Å²) < 4.78 is 11.1. The van der Waals surface area contributed by atoms with Gasteiger partial charge in [-0.1, -0.05) is 32.9 Å². The number of fused-ring (bicyclic) bond motifs is 1. The van der Waals surface area contributed by atoms with Crippen LogP contribution in [0.2, 0.25) is 0 Å². The average Bonchev–Trinajstić information content (AvgIpc) is 3.00. The third kappa shape index (κ3) is 4.49. The van der Waals surface area contributed by atoms with Gasteiger partial charge >= 0.3 is 12.1 Å². The Morgan fingerprint density at radius 2 is 1.68 bits per heavy atom.